The van der Waals surface area contributed by atoms with Gasteiger partial charge in [0, 0.05) is 6.54 Å². The molecular weight excluding hydrogens is 234 g/mol. The number of piperidine rings is 1. The molecule has 0 saturated carbocycles. The maximum absolute atomic E-state index is 11.3. The Labute approximate surface area is 106 Å². The van der Waals surface area contributed by atoms with Crippen LogP contribution in [0.2, 0.25) is 0 Å². The molecule has 6 heteroatoms. The summed E-state index contributed by atoms with van der Waals surface area (Å²) in [5.41, 5.74) is 0.159. The first kappa shape index (κ1) is 12.8. The van der Waals surface area contributed by atoms with Crippen molar-refractivity contribution >= 4 is 5.97 Å². The number of methoxy groups -OCH3 is 1. The van der Waals surface area contributed by atoms with E-state index < -0.39 is 5.97 Å². The Morgan fingerprint density at radius 3 is 3.06 bits per heavy atom. The van der Waals surface area contributed by atoms with E-state index in [9.17, 15) is 4.79 Å². The smallest absolute Gasteiger partial charge is 0.358 e. The summed E-state index contributed by atoms with van der Waals surface area (Å²) in [6.07, 6.45) is 3.99. The lowest BCUT2D eigenvalue weighted by Gasteiger charge is -2.29. The monoisotopic (exact) mass is 251 g/mol. The quantitative estimate of drug-likeness (QED) is 0.795. The van der Waals surface area contributed by atoms with E-state index >= 15 is 0 Å². The molecule has 2 unspecified atom stereocenters. The molecule has 2 atom stereocenters. The molecule has 18 heavy (non-hydrogen) atoms. The highest BCUT2D eigenvalue weighted by molar-refractivity contribution is 5.86. The van der Waals surface area contributed by atoms with Gasteiger partial charge in [0.1, 0.15) is 6.10 Å². The number of esters is 1. The summed E-state index contributed by atoms with van der Waals surface area (Å²) in [5, 5.41) is 3.27. The van der Waals surface area contributed by atoms with Crippen LogP contribution in [0.1, 0.15) is 23.8 Å². The molecule has 6 nitrogen and oxygen atoms in total. The first-order valence-electron chi connectivity index (χ1n) is 5.98. The number of hydrogen-bond donors (Lipinski definition) is 1. The summed E-state index contributed by atoms with van der Waals surface area (Å²) >= 11 is 0. The van der Waals surface area contributed by atoms with Crippen LogP contribution in [0.3, 0.4) is 0 Å². The number of nitrogens with one attached hydrogen (secondary N) is 1. The molecule has 0 aromatic carbocycles. The lowest BCUT2D eigenvalue weighted by molar-refractivity contribution is 0.0588. The van der Waals surface area contributed by atoms with Gasteiger partial charge in [-0.2, -0.15) is 0 Å². The lowest BCUT2D eigenvalue weighted by Crippen LogP contribution is -2.43. The molecule has 98 valence electrons. The van der Waals surface area contributed by atoms with E-state index in [-0.39, 0.29) is 11.8 Å². The number of ether oxygens (including phenoxy) is 2. The van der Waals surface area contributed by atoms with E-state index in [1.54, 1.807) is 0 Å². The molecule has 1 N–H and O–H groups in total. The molecule has 1 saturated heterocycles. The van der Waals surface area contributed by atoms with Gasteiger partial charge < -0.3 is 14.8 Å². The van der Waals surface area contributed by atoms with Crippen LogP contribution >= 0.6 is 0 Å². The van der Waals surface area contributed by atoms with E-state index in [2.05, 4.69) is 26.9 Å². The van der Waals surface area contributed by atoms with Crippen molar-refractivity contribution in [3.8, 4) is 5.88 Å². The number of hydrogen-bond acceptors (Lipinski definition) is 6. The fraction of sp³-hybridized carbons (Fsp3) is 0.583. The fourth-order valence-corrected chi connectivity index (χ4v) is 1.88. The van der Waals surface area contributed by atoms with E-state index in [0.717, 1.165) is 19.5 Å². The fourth-order valence-electron chi connectivity index (χ4n) is 1.88. The number of nitrogens with zero attached hydrogens (tertiary/aromatic N) is 2. The average Bonchev–Trinajstić information content (AvgIpc) is 2.41. The second-order valence-corrected chi connectivity index (χ2v) is 4.36. The van der Waals surface area contributed by atoms with E-state index in [4.69, 9.17) is 4.74 Å². The number of rotatable bonds is 3. The van der Waals surface area contributed by atoms with Crippen molar-refractivity contribution in [3.05, 3.63) is 18.1 Å². The van der Waals surface area contributed by atoms with Gasteiger partial charge in [-0.25, -0.2) is 9.78 Å². The van der Waals surface area contributed by atoms with Crippen LogP contribution < -0.4 is 10.1 Å². The summed E-state index contributed by atoms with van der Waals surface area (Å²) in [6.45, 7) is 3.93. The minimum Gasteiger partial charge on any atom is -0.472 e. The first-order chi connectivity index (χ1) is 8.70. The molecule has 0 amide bonds. The molecule has 1 aromatic heterocycles. The molecule has 1 aliphatic rings. The zero-order valence-electron chi connectivity index (χ0n) is 10.5. The second-order valence-electron chi connectivity index (χ2n) is 4.36. The number of carbonyl (C=O) groups excluding carboxylic acids is 1. The van der Waals surface area contributed by atoms with E-state index in [1.165, 1.54) is 19.5 Å². The third-order valence-electron chi connectivity index (χ3n) is 3.04. The van der Waals surface area contributed by atoms with Gasteiger partial charge >= 0.3 is 5.97 Å². The van der Waals surface area contributed by atoms with Crippen molar-refractivity contribution in [2.75, 3.05) is 20.2 Å². The van der Waals surface area contributed by atoms with Gasteiger partial charge in [0.25, 0.3) is 0 Å². The van der Waals surface area contributed by atoms with Gasteiger partial charge in [-0.15, -0.1) is 0 Å². The predicted octanol–water partition coefficient (Wildman–Crippen LogP) is 0.640. The molecular formula is C12H17N3O3. The maximum atomic E-state index is 11.3. The van der Waals surface area contributed by atoms with Crippen LogP contribution in [0, 0.1) is 5.92 Å². The van der Waals surface area contributed by atoms with Crippen LogP contribution in [-0.2, 0) is 4.74 Å². The molecule has 0 bridgehead atoms. The van der Waals surface area contributed by atoms with Crippen LogP contribution in [0.25, 0.3) is 0 Å². The Kier molecular flexibility index (Phi) is 4.09. The predicted molar refractivity (Wildman–Crippen MR) is 64.4 cm³/mol. The van der Waals surface area contributed by atoms with Gasteiger partial charge in [-0.3, -0.25) is 4.98 Å². The van der Waals surface area contributed by atoms with Crippen LogP contribution in [-0.4, -0.2) is 42.2 Å². The zero-order valence-corrected chi connectivity index (χ0v) is 10.5. The molecule has 0 spiro atoms. The highest BCUT2D eigenvalue weighted by atomic mass is 16.5. The van der Waals surface area contributed by atoms with E-state index in [0.29, 0.717) is 11.8 Å². The molecule has 2 rings (SSSR count). The van der Waals surface area contributed by atoms with Gasteiger partial charge in [0.15, 0.2) is 5.69 Å². The minimum absolute atomic E-state index is 0.0564. The van der Waals surface area contributed by atoms with Crippen LogP contribution in [0.5, 0.6) is 5.88 Å². The summed E-state index contributed by atoms with van der Waals surface area (Å²) < 4.78 is 10.4. The van der Waals surface area contributed by atoms with Gasteiger partial charge in [0.2, 0.25) is 5.88 Å². The molecule has 0 aliphatic carbocycles. The Balaban J connectivity index is 2.06. The lowest BCUT2D eigenvalue weighted by atomic mass is 9.97. The van der Waals surface area contributed by atoms with Gasteiger partial charge in [-0.1, -0.05) is 6.92 Å². The van der Waals surface area contributed by atoms with Crippen molar-refractivity contribution in [3.63, 3.8) is 0 Å². The second kappa shape index (κ2) is 5.77. The van der Waals surface area contributed by atoms with Crippen molar-refractivity contribution < 1.29 is 14.3 Å². The third kappa shape index (κ3) is 2.95. The largest absolute Gasteiger partial charge is 0.472 e. The topological polar surface area (TPSA) is 73.3 Å². The standard InChI is InChI=1S/C12H17N3O3/c1-8-3-4-13-6-10(8)18-11-7-14-5-9(15-11)12(16)17-2/h5,7-8,10,13H,3-4,6H2,1-2H3. The summed E-state index contributed by atoms with van der Waals surface area (Å²) in [5.74, 6) is 0.302. The van der Waals surface area contributed by atoms with Crippen LogP contribution in [0.15, 0.2) is 12.4 Å². The molecule has 1 fully saturated rings. The average molecular weight is 251 g/mol. The van der Waals surface area contributed by atoms with E-state index in [1.807, 2.05) is 0 Å². The zero-order chi connectivity index (χ0) is 13.0. The Hall–Kier alpha value is -1.69. The molecule has 1 aromatic rings. The normalized spacial score (nSPS) is 23.4. The van der Waals surface area contributed by atoms with Crippen molar-refractivity contribution in [1.29, 1.82) is 0 Å². The summed E-state index contributed by atoms with van der Waals surface area (Å²) in [7, 11) is 1.31. The van der Waals surface area contributed by atoms with Crippen molar-refractivity contribution in [2.24, 2.45) is 5.92 Å². The third-order valence-corrected chi connectivity index (χ3v) is 3.04. The first-order valence-corrected chi connectivity index (χ1v) is 5.98. The van der Waals surface area contributed by atoms with Gasteiger partial charge in [0.05, 0.1) is 19.5 Å². The maximum Gasteiger partial charge on any atom is 0.358 e. The van der Waals surface area contributed by atoms with Gasteiger partial charge in [-0.05, 0) is 18.9 Å². The Morgan fingerprint density at radius 1 is 1.50 bits per heavy atom. The SMILES string of the molecule is COC(=O)c1cncc(OC2CNCCC2C)n1. The molecule has 2 heterocycles. The Morgan fingerprint density at radius 2 is 2.33 bits per heavy atom. The van der Waals surface area contributed by atoms with Crippen molar-refractivity contribution in [2.45, 2.75) is 19.4 Å². The highest BCUT2D eigenvalue weighted by Crippen LogP contribution is 2.17. The summed E-state index contributed by atoms with van der Waals surface area (Å²) in [4.78, 5) is 19.4. The van der Waals surface area contributed by atoms with Crippen molar-refractivity contribution in [1.82, 2.24) is 15.3 Å². The summed E-state index contributed by atoms with van der Waals surface area (Å²) in [6, 6.07) is 0. The molecule has 0 radical (unpaired) electrons. The Bertz CT molecular complexity index is 425. The minimum atomic E-state index is -0.511. The highest BCUT2D eigenvalue weighted by Gasteiger charge is 2.23. The molecule has 1 aliphatic heterocycles. The number of carbonyl (C=O) groups is 1. The van der Waals surface area contributed by atoms with Crippen LogP contribution in [0.4, 0.5) is 0 Å². The number of aromatic nitrogens is 2.